The lowest BCUT2D eigenvalue weighted by Crippen LogP contribution is -2.45. The summed E-state index contributed by atoms with van der Waals surface area (Å²) in [5.74, 6) is 0. The zero-order chi connectivity index (χ0) is 11.4. The fourth-order valence-electron chi connectivity index (χ4n) is 2.73. The Morgan fingerprint density at radius 1 is 1.27 bits per heavy atom. The molecule has 2 aliphatic heterocycles. The molecule has 0 aliphatic carbocycles. The van der Waals surface area contributed by atoms with Gasteiger partial charge < -0.3 is 10.1 Å². The maximum atomic E-state index is 5.96. The first-order chi connectivity index (χ1) is 7.18. The fourth-order valence-corrected chi connectivity index (χ4v) is 2.73. The van der Waals surface area contributed by atoms with Crippen molar-refractivity contribution in [1.29, 1.82) is 0 Å². The zero-order valence-electron chi connectivity index (χ0n) is 10.9. The molecule has 15 heavy (non-hydrogen) atoms. The molecule has 2 rings (SSSR count). The summed E-state index contributed by atoms with van der Waals surface area (Å²) in [6, 6.07) is 0. The Hall–Kier alpha value is -0.0800. The molecule has 0 amide bonds. The molecule has 2 unspecified atom stereocenters. The molecule has 0 saturated carbocycles. The summed E-state index contributed by atoms with van der Waals surface area (Å²) in [4.78, 5) is 0. The molecular formula is C13H27NO. The Labute approximate surface area is 94.8 Å². The molecule has 2 nitrogen and oxygen atoms in total. The fraction of sp³-hybridized carbons (Fsp3) is 1.00. The van der Waals surface area contributed by atoms with Crippen molar-refractivity contribution in [3.63, 3.8) is 0 Å². The van der Waals surface area contributed by atoms with Crippen LogP contribution in [0.15, 0.2) is 0 Å². The molecule has 2 fully saturated rings. The van der Waals surface area contributed by atoms with E-state index in [-0.39, 0.29) is 5.60 Å². The van der Waals surface area contributed by atoms with E-state index in [1.807, 2.05) is 13.8 Å². The molecule has 0 aromatic rings. The third-order valence-electron chi connectivity index (χ3n) is 3.92. The van der Waals surface area contributed by atoms with Crippen molar-refractivity contribution in [3.8, 4) is 0 Å². The Bertz CT molecular complexity index is 187. The second-order valence-electron chi connectivity index (χ2n) is 5.05. The monoisotopic (exact) mass is 213 g/mol. The minimum atomic E-state index is 0.197. The van der Waals surface area contributed by atoms with Crippen LogP contribution in [0.4, 0.5) is 0 Å². The Balaban J connectivity index is 0.000000531. The van der Waals surface area contributed by atoms with Crippen LogP contribution in [-0.4, -0.2) is 25.3 Å². The molecule has 0 radical (unpaired) electrons. The van der Waals surface area contributed by atoms with Crippen molar-refractivity contribution < 1.29 is 4.74 Å². The van der Waals surface area contributed by atoms with Crippen LogP contribution >= 0.6 is 0 Å². The second-order valence-corrected chi connectivity index (χ2v) is 5.05. The molecule has 0 aromatic heterocycles. The average molecular weight is 213 g/mol. The number of ether oxygens (including phenoxy) is 1. The summed E-state index contributed by atoms with van der Waals surface area (Å²) in [7, 11) is 0. The molecule has 2 heterocycles. The Morgan fingerprint density at radius 2 is 2.00 bits per heavy atom. The van der Waals surface area contributed by atoms with Crippen LogP contribution in [0, 0.1) is 5.41 Å². The van der Waals surface area contributed by atoms with Gasteiger partial charge in [-0.05, 0) is 31.2 Å². The molecule has 0 aromatic carbocycles. The molecule has 2 aliphatic rings. The van der Waals surface area contributed by atoms with Crippen molar-refractivity contribution >= 4 is 0 Å². The first kappa shape index (κ1) is 13.0. The van der Waals surface area contributed by atoms with Gasteiger partial charge in [0.1, 0.15) is 0 Å². The van der Waals surface area contributed by atoms with Crippen molar-refractivity contribution in [1.82, 2.24) is 5.32 Å². The second kappa shape index (κ2) is 5.31. The summed E-state index contributed by atoms with van der Waals surface area (Å²) in [6.07, 6.45) is 5.00. The normalized spacial score (nSPS) is 40.0. The van der Waals surface area contributed by atoms with Gasteiger partial charge in [0.2, 0.25) is 0 Å². The summed E-state index contributed by atoms with van der Waals surface area (Å²) in [6.45, 7) is 11.9. The Morgan fingerprint density at radius 3 is 2.53 bits per heavy atom. The quantitative estimate of drug-likeness (QED) is 0.723. The van der Waals surface area contributed by atoms with E-state index >= 15 is 0 Å². The van der Waals surface area contributed by atoms with Crippen LogP contribution in [0.5, 0.6) is 0 Å². The summed E-state index contributed by atoms with van der Waals surface area (Å²) < 4.78 is 5.96. The highest BCUT2D eigenvalue weighted by Gasteiger charge is 2.44. The van der Waals surface area contributed by atoms with Crippen molar-refractivity contribution in [2.45, 2.75) is 59.0 Å². The third kappa shape index (κ3) is 2.94. The maximum Gasteiger partial charge on any atom is 0.0823 e. The number of hydrogen-bond donors (Lipinski definition) is 1. The lowest BCUT2D eigenvalue weighted by atomic mass is 9.72. The van der Waals surface area contributed by atoms with Gasteiger partial charge in [0.05, 0.1) is 5.60 Å². The van der Waals surface area contributed by atoms with Gasteiger partial charge in [0.25, 0.3) is 0 Å². The predicted octanol–water partition coefficient (Wildman–Crippen LogP) is 2.97. The molecule has 1 N–H and O–H groups in total. The topological polar surface area (TPSA) is 21.3 Å². The van der Waals surface area contributed by atoms with Crippen molar-refractivity contribution in [2.75, 3.05) is 19.7 Å². The van der Waals surface area contributed by atoms with E-state index in [4.69, 9.17) is 4.74 Å². The molecule has 0 bridgehead atoms. The largest absolute Gasteiger partial charge is 0.374 e. The summed E-state index contributed by atoms with van der Waals surface area (Å²) in [5.41, 5.74) is 0.729. The van der Waals surface area contributed by atoms with Crippen LogP contribution in [0.2, 0.25) is 0 Å². The van der Waals surface area contributed by atoms with Crippen LogP contribution in [0.25, 0.3) is 0 Å². The predicted molar refractivity (Wildman–Crippen MR) is 65.1 cm³/mol. The van der Waals surface area contributed by atoms with Gasteiger partial charge in [-0.3, -0.25) is 0 Å². The lowest BCUT2D eigenvalue weighted by molar-refractivity contribution is -0.110. The van der Waals surface area contributed by atoms with E-state index in [1.165, 1.54) is 25.7 Å². The first-order valence-electron chi connectivity index (χ1n) is 6.53. The van der Waals surface area contributed by atoms with E-state index in [0.29, 0.717) is 5.41 Å². The molecule has 2 saturated heterocycles. The molecule has 2 atom stereocenters. The highest BCUT2D eigenvalue weighted by molar-refractivity contribution is 4.97. The zero-order valence-corrected chi connectivity index (χ0v) is 10.9. The van der Waals surface area contributed by atoms with Crippen molar-refractivity contribution in [3.05, 3.63) is 0 Å². The van der Waals surface area contributed by atoms with Gasteiger partial charge in [-0.2, -0.15) is 0 Å². The third-order valence-corrected chi connectivity index (χ3v) is 3.92. The minimum absolute atomic E-state index is 0.197. The highest BCUT2D eigenvalue weighted by atomic mass is 16.5. The lowest BCUT2D eigenvalue weighted by Gasteiger charge is -2.44. The van der Waals surface area contributed by atoms with Crippen LogP contribution in [-0.2, 0) is 4.74 Å². The molecular weight excluding hydrogens is 186 g/mol. The summed E-state index contributed by atoms with van der Waals surface area (Å²) >= 11 is 0. The van der Waals surface area contributed by atoms with Gasteiger partial charge in [-0.25, -0.2) is 0 Å². The van der Waals surface area contributed by atoms with E-state index in [9.17, 15) is 0 Å². The maximum absolute atomic E-state index is 5.96. The van der Waals surface area contributed by atoms with E-state index < -0.39 is 0 Å². The van der Waals surface area contributed by atoms with Crippen LogP contribution in [0.3, 0.4) is 0 Å². The molecule has 2 heteroatoms. The SMILES string of the molecule is CC.CCC1(C)CCOC2(CCNC2)C1. The smallest absolute Gasteiger partial charge is 0.0823 e. The average Bonchev–Trinajstić information content (AvgIpc) is 2.69. The number of hydrogen-bond acceptors (Lipinski definition) is 2. The van der Waals surface area contributed by atoms with Crippen molar-refractivity contribution in [2.24, 2.45) is 5.41 Å². The number of rotatable bonds is 1. The van der Waals surface area contributed by atoms with Gasteiger partial charge in [0.15, 0.2) is 0 Å². The standard InChI is InChI=1S/C11H21NO.C2H6/c1-3-10(2)5-7-13-11(8-10)4-6-12-9-11;1-2/h12H,3-9H2,1-2H3;1-2H3. The first-order valence-corrected chi connectivity index (χ1v) is 6.53. The molecule has 1 spiro atoms. The van der Waals surface area contributed by atoms with Gasteiger partial charge in [-0.15, -0.1) is 0 Å². The Kier molecular flexibility index (Phi) is 4.60. The number of nitrogens with one attached hydrogen (secondary N) is 1. The summed E-state index contributed by atoms with van der Waals surface area (Å²) in [5, 5.41) is 3.42. The van der Waals surface area contributed by atoms with Gasteiger partial charge in [0, 0.05) is 13.2 Å². The highest BCUT2D eigenvalue weighted by Crippen LogP contribution is 2.43. The van der Waals surface area contributed by atoms with Gasteiger partial charge in [-0.1, -0.05) is 34.1 Å². The van der Waals surface area contributed by atoms with Crippen LogP contribution in [0.1, 0.15) is 53.4 Å². The van der Waals surface area contributed by atoms with Crippen LogP contribution < -0.4 is 5.32 Å². The molecule has 90 valence electrons. The minimum Gasteiger partial charge on any atom is -0.374 e. The van der Waals surface area contributed by atoms with E-state index in [2.05, 4.69) is 19.2 Å². The van der Waals surface area contributed by atoms with Gasteiger partial charge >= 0.3 is 0 Å². The van der Waals surface area contributed by atoms with E-state index in [1.54, 1.807) is 0 Å². The van der Waals surface area contributed by atoms with E-state index in [0.717, 1.165) is 19.7 Å².